The predicted molar refractivity (Wildman–Crippen MR) is 123 cm³/mol. The van der Waals surface area contributed by atoms with Crippen LogP contribution < -0.4 is 9.47 Å². The Balaban J connectivity index is 1.47. The Labute approximate surface area is 188 Å². The lowest BCUT2D eigenvalue weighted by Crippen LogP contribution is -2.48. The lowest BCUT2D eigenvalue weighted by Gasteiger charge is -2.35. The van der Waals surface area contributed by atoms with Gasteiger partial charge < -0.3 is 14.4 Å². The minimum absolute atomic E-state index is 0.0602. The van der Waals surface area contributed by atoms with E-state index in [-0.39, 0.29) is 5.91 Å². The van der Waals surface area contributed by atoms with Crippen LogP contribution in [0.4, 0.5) is 0 Å². The van der Waals surface area contributed by atoms with Crippen molar-refractivity contribution in [2.75, 3.05) is 40.4 Å². The SMILES string of the molecule is CCn1nc(C)c2c(C(=O)N3CCN(Cc4ccc(OC)c(OC)c4)CC3)cc(C)nc21. The molecular weight excluding hydrogens is 406 g/mol. The number of pyridine rings is 1. The lowest BCUT2D eigenvalue weighted by atomic mass is 10.1. The number of piperazine rings is 1. The molecule has 4 rings (SSSR count). The predicted octanol–water partition coefficient (Wildman–Crippen LogP) is 3.04. The van der Waals surface area contributed by atoms with Gasteiger partial charge in [-0.05, 0) is 44.5 Å². The maximum absolute atomic E-state index is 13.4. The summed E-state index contributed by atoms with van der Waals surface area (Å²) in [5.41, 5.74) is 4.35. The number of benzene rings is 1. The molecule has 1 aromatic carbocycles. The second kappa shape index (κ2) is 9.16. The van der Waals surface area contributed by atoms with Crippen molar-refractivity contribution in [3.63, 3.8) is 0 Å². The van der Waals surface area contributed by atoms with Gasteiger partial charge >= 0.3 is 0 Å². The van der Waals surface area contributed by atoms with E-state index in [4.69, 9.17) is 9.47 Å². The van der Waals surface area contributed by atoms with Crippen LogP contribution in [0.15, 0.2) is 24.3 Å². The summed E-state index contributed by atoms with van der Waals surface area (Å²) >= 11 is 0. The molecule has 0 spiro atoms. The van der Waals surface area contributed by atoms with Crippen LogP contribution in [0.2, 0.25) is 0 Å². The van der Waals surface area contributed by atoms with E-state index in [1.165, 1.54) is 0 Å². The van der Waals surface area contributed by atoms with Crippen molar-refractivity contribution in [1.29, 1.82) is 0 Å². The van der Waals surface area contributed by atoms with Gasteiger partial charge in [0.05, 0.1) is 30.9 Å². The highest BCUT2D eigenvalue weighted by Gasteiger charge is 2.26. The fraction of sp³-hybridized carbons (Fsp3) is 0.458. The number of ether oxygens (including phenoxy) is 2. The quantitative estimate of drug-likeness (QED) is 0.590. The third-order valence-corrected chi connectivity index (χ3v) is 6.05. The molecule has 170 valence electrons. The van der Waals surface area contributed by atoms with Crippen molar-refractivity contribution < 1.29 is 14.3 Å². The number of aryl methyl sites for hydroxylation is 3. The molecule has 1 amide bonds. The fourth-order valence-corrected chi connectivity index (χ4v) is 4.38. The smallest absolute Gasteiger partial charge is 0.254 e. The molecular formula is C24H31N5O3. The van der Waals surface area contributed by atoms with E-state index < -0.39 is 0 Å². The lowest BCUT2D eigenvalue weighted by molar-refractivity contribution is 0.0630. The maximum atomic E-state index is 13.4. The van der Waals surface area contributed by atoms with Gasteiger partial charge in [0, 0.05) is 45.0 Å². The highest BCUT2D eigenvalue weighted by molar-refractivity contribution is 6.06. The van der Waals surface area contributed by atoms with Crippen molar-refractivity contribution in [3.8, 4) is 11.5 Å². The molecule has 3 heterocycles. The Morgan fingerprint density at radius 2 is 1.75 bits per heavy atom. The Hall–Kier alpha value is -3.13. The Morgan fingerprint density at radius 1 is 1.03 bits per heavy atom. The molecule has 0 aliphatic carbocycles. The molecule has 32 heavy (non-hydrogen) atoms. The monoisotopic (exact) mass is 437 g/mol. The summed E-state index contributed by atoms with van der Waals surface area (Å²) in [7, 11) is 3.29. The van der Waals surface area contributed by atoms with E-state index in [2.05, 4.69) is 21.0 Å². The van der Waals surface area contributed by atoms with Crippen LogP contribution in [0.3, 0.4) is 0 Å². The summed E-state index contributed by atoms with van der Waals surface area (Å²) in [6, 6.07) is 7.91. The van der Waals surface area contributed by atoms with Crippen LogP contribution in [0.5, 0.6) is 11.5 Å². The van der Waals surface area contributed by atoms with Gasteiger partial charge in [-0.15, -0.1) is 0 Å². The van der Waals surface area contributed by atoms with E-state index in [1.807, 2.05) is 48.6 Å². The van der Waals surface area contributed by atoms with Crippen molar-refractivity contribution in [1.82, 2.24) is 24.6 Å². The van der Waals surface area contributed by atoms with Crippen LogP contribution in [0.25, 0.3) is 11.0 Å². The number of nitrogens with zero attached hydrogens (tertiary/aromatic N) is 5. The Bertz CT molecular complexity index is 1130. The number of fused-ring (bicyclic) bond motifs is 1. The topological polar surface area (TPSA) is 72.7 Å². The zero-order chi connectivity index (χ0) is 22.8. The first-order valence-corrected chi connectivity index (χ1v) is 11.0. The van der Waals surface area contributed by atoms with Gasteiger partial charge in [0.1, 0.15) is 0 Å². The van der Waals surface area contributed by atoms with Gasteiger partial charge in [-0.25, -0.2) is 9.67 Å². The van der Waals surface area contributed by atoms with Crippen molar-refractivity contribution in [2.24, 2.45) is 0 Å². The second-order valence-electron chi connectivity index (χ2n) is 8.17. The second-order valence-corrected chi connectivity index (χ2v) is 8.17. The molecule has 1 fully saturated rings. The molecule has 0 N–H and O–H groups in total. The minimum atomic E-state index is 0.0602. The molecule has 0 saturated carbocycles. The molecule has 0 bridgehead atoms. The molecule has 1 aliphatic heterocycles. The van der Waals surface area contributed by atoms with Crippen LogP contribution in [0, 0.1) is 13.8 Å². The van der Waals surface area contributed by atoms with E-state index in [9.17, 15) is 4.79 Å². The summed E-state index contributed by atoms with van der Waals surface area (Å²) in [5.74, 6) is 1.52. The van der Waals surface area contributed by atoms with Crippen LogP contribution in [0.1, 0.15) is 34.2 Å². The molecule has 8 heteroatoms. The van der Waals surface area contributed by atoms with Gasteiger partial charge in [-0.2, -0.15) is 5.10 Å². The van der Waals surface area contributed by atoms with Crippen molar-refractivity contribution >= 4 is 16.9 Å². The average Bonchev–Trinajstić information content (AvgIpc) is 3.13. The first kappa shape index (κ1) is 22.1. The zero-order valence-electron chi connectivity index (χ0n) is 19.5. The zero-order valence-corrected chi connectivity index (χ0v) is 19.5. The van der Waals surface area contributed by atoms with Crippen molar-refractivity contribution in [3.05, 3.63) is 46.8 Å². The average molecular weight is 438 g/mol. The van der Waals surface area contributed by atoms with Crippen LogP contribution in [-0.4, -0.2) is 70.9 Å². The molecule has 1 aliphatic rings. The maximum Gasteiger partial charge on any atom is 0.254 e. The number of hydrogen-bond donors (Lipinski definition) is 0. The first-order valence-electron chi connectivity index (χ1n) is 11.0. The Morgan fingerprint density at radius 3 is 2.41 bits per heavy atom. The number of carbonyl (C=O) groups is 1. The third kappa shape index (κ3) is 4.14. The highest BCUT2D eigenvalue weighted by atomic mass is 16.5. The number of hydrogen-bond acceptors (Lipinski definition) is 6. The number of amides is 1. The van der Waals surface area contributed by atoms with E-state index in [0.717, 1.165) is 65.7 Å². The molecule has 2 aromatic heterocycles. The normalized spacial score (nSPS) is 14.7. The summed E-state index contributed by atoms with van der Waals surface area (Å²) < 4.78 is 12.6. The minimum Gasteiger partial charge on any atom is -0.493 e. The van der Waals surface area contributed by atoms with Gasteiger partial charge in [0.25, 0.3) is 5.91 Å². The molecule has 0 radical (unpaired) electrons. The number of carbonyl (C=O) groups excluding carboxylic acids is 1. The largest absolute Gasteiger partial charge is 0.493 e. The summed E-state index contributed by atoms with van der Waals surface area (Å²) in [4.78, 5) is 22.4. The van der Waals surface area contributed by atoms with E-state index >= 15 is 0 Å². The molecule has 0 atom stereocenters. The van der Waals surface area contributed by atoms with Gasteiger partial charge in [-0.3, -0.25) is 9.69 Å². The molecule has 8 nitrogen and oxygen atoms in total. The van der Waals surface area contributed by atoms with Gasteiger partial charge in [0.15, 0.2) is 17.1 Å². The molecule has 1 saturated heterocycles. The number of methoxy groups -OCH3 is 2. The summed E-state index contributed by atoms with van der Waals surface area (Å²) in [6.45, 7) is 10.5. The number of rotatable bonds is 6. The fourth-order valence-electron chi connectivity index (χ4n) is 4.38. The summed E-state index contributed by atoms with van der Waals surface area (Å²) in [5, 5.41) is 5.45. The number of aromatic nitrogens is 3. The molecule has 0 unspecified atom stereocenters. The standard InChI is InChI=1S/C24H31N5O3/c1-6-29-23-22(17(3)26-29)19(13-16(2)25-23)24(30)28-11-9-27(10-12-28)15-18-7-8-20(31-4)21(14-18)32-5/h7-8,13-14H,6,9-12,15H2,1-5H3. The highest BCUT2D eigenvalue weighted by Crippen LogP contribution is 2.28. The first-order chi connectivity index (χ1) is 15.4. The van der Waals surface area contributed by atoms with Gasteiger partial charge in [-0.1, -0.05) is 6.07 Å². The van der Waals surface area contributed by atoms with Crippen LogP contribution in [-0.2, 0) is 13.1 Å². The molecule has 3 aromatic rings. The van der Waals surface area contributed by atoms with E-state index in [0.29, 0.717) is 18.7 Å². The van der Waals surface area contributed by atoms with Gasteiger partial charge in [0.2, 0.25) is 0 Å². The van der Waals surface area contributed by atoms with Crippen LogP contribution >= 0.6 is 0 Å². The third-order valence-electron chi connectivity index (χ3n) is 6.05. The van der Waals surface area contributed by atoms with E-state index in [1.54, 1.807) is 14.2 Å². The van der Waals surface area contributed by atoms with Crippen molar-refractivity contribution in [2.45, 2.75) is 33.9 Å². The summed E-state index contributed by atoms with van der Waals surface area (Å²) in [6.07, 6.45) is 0. The Kier molecular flexibility index (Phi) is 6.32.